The van der Waals surface area contributed by atoms with Gasteiger partial charge in [0.05, 0.1) is 35.7 Å². The molecule has 30 heavy (non-hydrogen) atoms. The number of nitriles is 1. The highest BCUT2D eigenvalue weighted by molar-refractivity contribution is 6.05. The van der Waals surface area contributed by atoms with E-state index in [2.05, 4.69) is 10.6 Å². The molecule has 8 nitrogen and oxygen atoms in total. The summed E-state index contributed by atoms with van der Waals surface area (Å²) in [5.41, 5.74) is 2.04. The van der Waals surface area contributed by atoms with Gasteiger partial charge >= 0.3 is 0 Å². The quantitative estimate of drug-likeness (QED) is 0.793. The molecule has 2 N–H and O–H groups in total. The van der Waals surface area contributed by atoms with Crippen LogP contribution in [0.25, 0.3) is 0 Å². The molecule has 2 aromatic carbocycles. The Morgan fingerprint density at radius 2 is 1.90 bits per heavy atom. The van der Waals surface area contributed by atoms with Gasteiger partial charge in [-0.05, 0) is 38.2 Å². The van der Waals surface area contributed by atoms with Crippen molar-refractivity contribution in [2.45, 2.75) is 19.4 Å². The molecule has 1 aliphatic rings. The number of carbonyl (C=O) groups is 3. The van der Waals surface area contributed by atoms with Crippen LogP contribution in [0.15, 0.2) is 48.5 Å². The Hall–Kier alpha value is -3.70. The molecule has 2 aromatic rings. The van der Waals surface area contributed by atoms with Crippen LogP contribution in [-0.2, 0) is 14.4 Å². The molecule has 1 heterocycles. The van der Waals surface area contributed by atoms with Crippen LogP contribution in [0.3, 0.4) is 0 Å². The number of fused-ring (bicyclic) bond motifs is 1. The Bertz CT molecular complexity index is 1010. The molecule has 0 saturated heterocycles. The van der Waals surface area contributed by atoms with Crippen molar-refractivity contribution in [3.63, 3.8) is 0 Å². The van der Waals surface area contributed by atoms with E-state index in [0.717, 1.165) is 0 Å². The summed E-state index contributed by atoms with van der Waals surface area (Å²) in [6.45, 7) is 1.80. The third-order valence-corrected chi connectivity index (χ3v) is 4.77. The van der Waals surface area contributed by atoms with Crippen molar-refractivity contribution in [3.8, 4) is 6.07 Å². The third kappa shape index (κ3) is 4.82. The molecule has 1 aliphatic heterocycles. The average Bonchev–Trinajstić information content (AvgIpc) is 2.82. The van der Waals surface area contributed by atoms with Crippen molar-refractivity contribution in [2.75, 3.05) is 35.7 Å². The molecule has 0 spiro atoms. The van der Waals surface area contributed by atoms with Crippen molar-refractivity contribution < 1.29 is 14.4 Å². The number of likely N-dealkylation sites (N-methyl/N-ethyl adjacent to an activating group) is 1. The first kappa shape index (κ1) is 21.0. The number of hydrogen-bond donors (Lipinski definition) is 2. The van der Waals surface area contributed by atoms with Gasteiger partial charge in [-0.2, -0.15) is 5.26 Å². The summed E-state index contributed by atoms with van der Waals surface area (Å²) in [7, 11) is 1.67. The fraction of sp³-hybridized carbons (Fsp3) is 0.273. The van der Waals surface area contributed by atoms with Crippen LogP contribution in [0.4, 0.5) is 17.1 Å². The molecule has 0 radical (unpaired) electrons. The Morgan fingerprint density at radius 3 is 2.67 bits per heavy atom. The molecule has 3 amide bonds. The van der Waals surface area contributed by atoms with Gasteiger partial charge < -0.3 is 15.5 Å². The molecule has 154 valence electrons. The van der Waals surface area contributed by atoms with Crippen molar-refractivity contribution >= 4 is 34.8 Å². The molecule has 0 aromatic heterocycles. The van der Waals surface area contributed by atoms with Crippen molar-refractivity contribution in [1.82, 2.24) is 4.90 Å². The molecular formula is C22H23N5O3. The molecule has 1 unspecified atom stereocenters. The molecule has 0 bridgehead atoms. The van der Waals surface area contributed by atoms with E-state index in [1.807, 2.05) is 19.1 Å². The van der Waals surface area contributed by atoms with Gasteiger partial charge in [0.25, 0.3) is 0 Å². The summed E-state index contributed by atoms with van der Waals surface area (Å²) in [5, 5.41) is 14.7. The van der Waals surface area contributed by atoms with Gasteiger partial charge in [0.2, 0.25) is 17.7 Å². The van der Waals surface area contributed by atoms with Gasteiger partial charge in [-0.3, -0.25) is 19.3 Å². The van der Waals surface area contributed by atoms with Gasteiger partial charge in [0.1, 0.15) is 6.07 Å². The Labute approximate surface area is 175 Å². The molecule has 1 atom stereocenters. The lowest BCUT2D eigenvalue weighted by Gasteiger charge is -2.29. The number of nitrogens with zero attached hydrogens (tertiary/aromatic N) is 3. The summed E-state index contributed by atoms with van der Waals surface area (Å²) >= 11 is 0. The Kier molecular flexibility index (Phi) is 6.45. The summed E-state index contributed by atoms with van der Waals surface area (Å²) in [4.78, 5) is 40.7. The van der Waals surface area contributed by atoms with Crippen LogP contribution in [0.1, 0.15) is 18.9 Å². The van der Waals surface area contributed by atoms with Crippen LogP contribution in [0.5, 0.6) is 0 Å². The number of benzene rings is 2. The van der Waals surface area contributed by atoms with Crippen molar-refractivity contribution in [2.24, 2.45) is 0 Å². The van der Waals surface area contributed by atoms with Gasteiger partial charge in [0, 0.05) is 12.5 Å². The predicted molar refractivity (Wildman–Crippen MR) is 114 cm³/mol. The molecule has 0 saturated carbocycles. The minimum absolute atomic E-state index is 0.000180. The Morgan fingerprint density at radius 1 is 1.20 bits per heavy atom. The minimum Gasteiger partial charge on any atom is -0.324 e. The lowest BCUT2D eigenvalue weighted by Crippen LogP contribution is -2.45. The number of hydrogen-bond acceptors (Lipinski definition) is 5. The van der Waals surface area contributed by atoms with E-state index in [1.54, 1.807) is 59.3 Å². The van der Waals surface area contributed by atoms with E-state index in [1.165, 1.54) is 0 Å². The maximum atomic E-state index is 13.1. The number of anilines is 3. The first-order valence-corrected chi connectivity index (χ1v) is 9.57. The topological polar surface area (TPSA) is 106 Å². The van der Waals surface area contributed by atoms with Crippen LogP contribution < -0.4 is 15.5 Å². The molecule has 8 heteroatoms. The number of para-hydroxylation sites is 3. The zero-order valence-electron chi connectivity index (χ0n) is 16.9. The maximum Gasteiger partial charge on any atom is 0.241 e. The van der Waals surface area contributed by atoms with Crippen LogP contribution in [0, 0.1) is 11.3 Å². The second-order valence-corrected chi connectivity index (χ2v) is 7.26. The first-order chi connectivity index (χ1) is 14.4. The van der Waals surface area contributed by atoms with E-state index >= 15 is 0 Å². The molecule has 0 fully saturated rings. The summed E-state index contributed by atoms with van der Waals surface area (Å²) in [5.74, 6) is -0.678. The fourth-order valence-corrected chi connectivity index (χ4v) is 3.46. The normalized spacial score (nSPS) is 15.6. The summed E-state index contributed by atoms with van der Waals surface area (Å²) in [6, 6.07) is 15.6. The lowest BCUT2D eigenvalue weighted by atomic mass is 10.1. The average molecular weight is 405 g/mol. The highest BCUT2D eigenvalue weighted by Crippen LogP contribution is 2.31. The Balaban J connectivity index is 1.67. The van der Waals surface area contributed by atoms with E-state index in [0.29, 0.717) is 22.6 Å². The maximum absolute atomic E-state index is 13.1. The van der Waals surface area contributed by atoms with E-state index < -0.39 is 0 Å². The number of amides is 3. The first-order valence-electron chi connectivity index (χ1n) is 9.57. The highest BCUT2D eigenvalue weighted by Gasteiger charge is 2.30. The van der Waals surface area contributed by atoms with Crippen LogP contribution in [0.2, 0.25) is 0 Å². The SMILES string of the molecule is CC1CC(=O)Nc2ccccc2N1C(=O)CN(C)CC(=O)Nc1ccccc1C#N. The third-order valence-electron chi connectivity index (χ3n) is 4.77. The zero-order valence-corrected chi connectivity index (χ0v) is 16.9. The minimum atomic E-state index is -0.325. The van der Waals surface area contributed by atoms with E-state index in [4.69, 9.17) is 5.26 Å². The predicted octanol–water partition coefficient (Wildman–Crippen LogP) is 2.19. The van der Waals surface area contributed by atoms with Crippen LogP contribution in [-0.4, -0.2) is 48.8 Å². The number of rotatable bonds is 5. The molecular weight excluding hydrogens is 382 g/mol. The molecule has 0 aliphatic carbocycles. The second kappa shape index (κ2) is 9.20. The zero-order chi connectivity index (χ0) is 21.7. The summed E-state index contributed by atoms with van der Waals surface area (Å²) < 4.78 is 0. The second-order valence-electron chi connectivity index (χ2n) is 7.26. The van der Waals surface area contributed by atoms with Crippen LogP contribution >= 0.6 is 0 Å². The van der Waals surface area contributed by atoms with E-state index in [-0.39, 0.29) is 43.3 Å². The number of nitrogens with one attached hydrogen (secondary N) is 2. The standard InChI is InChI=1S/C22H23N5O3/c1-15-11-20(28)25-18-9-5-6-10-19(18)27(15)22(30)14-26(2)13-21(29)24-17-8-4-3-7-16(17)12-23/h3-10,15H,11,13-14H2,1-2H3,(H,24,29)(H,25,28). The monoisotopic (exact) mass is 405 g/mol. The molecule has 3 rings (SSSR count). The van der Waals surface area contributed by atoms with Gasteiger partial charge in [-0.1, -0.05) is 24.3 Å². The highest BCUT2D eigenvalue weighted by atomic mass is 16.2. The lowest BCUT2D eigenvalue weighted by molar-refractivity contribution is -0.121. The van der Waals surface area contributed by atoms with Crippen molar-refractivity contribution in [1.29, 1.82) is 5.26 Å². The number of carbonyl (C=O) groups excluding carboxylic acids is 3. The largest absolute Gasteiger partial charge is 0.324 e. The van der Waals surface area contributed by atoms with Crippen molar-refractivity contribution in [3.05, 3.63) is 54.1 Å². The smallest absolute Gasteiger partial charge is 0.241 e. The fourth-order valence-electron chi connectivity index (χ4n) is 3.46. The van der Waals surface area contributed by atoms with E-state index in [9.17, 15) is 14.4 Å². The van der Waals surface area contributed by atoms with Gasteiger partial charge in [-0.15, -0.1) is 0 Å². The summed E-state index contributed by atoms with van der Waals surface area (Å²) in [6.07, 6.45) is 0.190. The van der Waals surface area contributed by atoms with Gasteiger partial charge in [0.15, 0.2) is 0 Å². The van der Waals surface area contributed by atoms with Gasteiger partial charge in [-0.25, -0.2) is 0 Å².